The minimum Gasteiger partial charge on any atom is -0.480 e. The van der Waals surface area contributed by atoms with Crippen molar-refractivity contribution in [1.82, 2.24) is 10.2 Å². The van der Waals surface area contributed by atoms with Gasteiger partial charge in [0.2, 0.25) is 5.91 Å². The van der Waals surface area contributed by atoms with Gasteiger partial charge in [0.25, 0.3) is 0 Å². The van der Waals surface area contributed by atoms with Crippen molar-refractivity contribution in [3.63, 3.8) is 0 Å². The molecule has 9 nitrogen and oxygen atoms in total. The van der Waals surface area contributed by atoms with E-state index in [1.807, 2.05) is 6.07 Å². The van der Waals surface area contributed by atoms with Gasteiger partial charge in [-0.3, -0.25) is 4.79 Å². The van der Waals surface area contributed by atoms with E-state index in [1.54, 1.807) is 0 Å². The van der Waals surface area contributed by atoms with E-state index in [4.69, 9.17) is 20.8 Å². The Hall–Kier alpha value is -2.34. The van der Waals surface area contributed by atoms with E-state index in [2.05, 4.69) is 5.32 Å². The van der Waals surface area contributed by atoms with E-state index in [0.717, 1.165) is 0 Å². The number of hydrogen-bond acceptors (Lipinski definition) is 5. The number of nitrogens with one attached hydrogen (secondary N) is 1. The Labute approximate surface area is 122 Å². The van der Waals surface area contributed by atoms with Gasteiger partial charge in [0, 0.05) is 26.6 Å². The van der Waals surface area contributed by atoms with Crippen LogP contribution in [0.2, 0.25) is 0 Å². The van der Waals surface area contributed by atoms with E-state index in [9.17, 15) is 14.4 Å². The van der Waals surface area contributed by atoms with Crippen molar-refractivity contribution in [2.45, 2.75) is 25.3 Å². The lowest BCUT2D eigenvalue weighted by Gasteiger charge is -2.24. The van der Waals surface area contributed by atoms with Gasteiger partial charge in [-0.25, -0.2) is 9.59 Å². The highest BCUT2D eigenvalue weighted by atomic mass is 16.5. The third kappa shape index (κ3) is 8.43. The van der Waals surface area contributed by atoms with Gasteiger partial charge in [-0.05, 0) is 6.42 Å². The van der Waals surface area contributed by atoms with Crippen LogP contribution in [-0.2, 0) is 14.3 Å². The summed E-state index contributed by atoms with van der Waals surface area (Å²) in [5.74, 6) is -1.90. The maximum atomic E-state index is 12.0. The van der Waals surface area contributed by atoms with Crippen molar-refractivity contribution in [2.75, 3.05) is 26.8 Å². The maximum absolute atomic E-state index is 12.0. The first-order valence-electron chi connectivity index (χ1n) is 6.34. The summed E-state index contributed by atoms with van der Waals surface area (Å²) in [5, 5.41) is 19.9. The highest BCUT2D eigenvalue weighted by Crippen LogP contribution is 2.00. The van der Waals surface area contributed by atoms with Gasteiger partial charge >= 0.3 is 12.0 Å². The average molecular weight is 300 g/mol. The molecule has 0 saturated heterocycles. The van der Waals surface area contributed by atoms with Crippen LogP contribution in [0.1, 0.15) is 19.3 Å². The number of primary amides is 1. The largest absolute Gasteiger partial charge is 0.480 e. The average Bonchev–Trinajstić information content (AvgIpc) is 2.42. The number of nitrogens with zero attached hydrogens (tertiary/aromatic N) is 2. The van der Waals surface area contributed by atoms with Crippen molar-refractivity contribution in [2.24, 2.45) is 5.73 Å². The summed E-state index contributed by atoms with van der Waals surface area (Å²) in [6.45, 7) is 0.651. The number of rotatable bonds is 10. The number of urea groups is 1. The maximum Gasteiger partial charge on any atom is 0.326 e. The highest BCUT2D eigenvalue weighted by Gasteiger charge is 2.23. The van der Waals surface area contributed by atoms with E-state index < -0.39 is 23.9 Å². The SMILES string of the molecule is COCCN(CCC#N)C(=O)N[C@@H](CCC(N)=O)C(=O)O. The zero-order chi connectivity index (χ0) is 16.3. The predicted molar refractivity (Wildman–Crippen MR) is 72.1 cm³/mol. The van der Waals surface area contributed by atoms with E-state index >= 15 is 0 Å². The molecule has 1 atom stereocenters. The Morgan fingerprint density at radius 1 is 1.43 bits per heavy atom. The van der Waals surface area contributed by atoms with E-state index in [-0.39, 0.29) is 39.0 Å². The summed E-state index contributed by atoms with van der Waals surface area (Å²) < 4.78 is 4.85. The van der Waals surface area contributed by atoms with Gasteiger partial charge in [-0.1, -0.05) is 0 Å². The fourth-order valence-electron chi connectivity index (χ4n) is 1.49. The van der Waals surface area contributed by atoms with Crippen LogP contribution in [-0.4, -0.2) is 60.8 Å². The normalized spacial score (nSPS) is 11.2. The Bertz CT molecular complexity index is 407. The third-order valence-corrected chi connectivity index (χ3v) is 2.62. The Balaban J connectivity index is 4.61. The van der Waals surface area contributed by atoms with Crippen molar-refractivity contribution in [3.05, 3.63) is 0 Å². The first-order chi connectivity index (χ1) is 9.92. The molecule has 0 radical (unpaired) electrons. The monoisotopic (exact) mass is 300 g/mol. The number of amides is 3. The Kier molecular flexibility index (Phi) is 9.28. The molecule has 0 aliphatic rings. The van der Waals surface area contributed by atoms with Crippen molar-refractivity contribution in [1.29, 1.82) is 5.26 Å². The van der Waals surface area contributed by atoms with E-state index in [0.29, 0.717) is 0 Å². The molecule has 0 bridgehead atoms. The quantitative estimate of drug-likeness (QED) is 0.485. The number of carbonyl (C=O) groups excluding carboxylic acids is 2. The van der Waals surface area contributed by atoms with Gasteiger partial charge in [0.05, 0.1) is 19.1 Å². The molecule has 9 heteroatoms. The molecule has 3 amide bonds. The Morgan fingerprint density at radius 2 is 2.10 bits per heavy atom. The molecule has 0 fully saturated rings. The summed E-state index contributed by atoms with van der Waals surface area (Å²) in [6, 6.07) is 0.0689. The number of ether oxygens (including phenoxy) is 1. The summed E-state index contributed by atoms with van der Waals surface area (Å²) in [6.07, 6.45) is -0.115. The summed E-state index contributed by atoms with van der Waals surface area (Å²) >= 11 is 0. The van der Waals surface area contributed by atoms with Crippen LogP contribution in [0.4, 0.5) is 4.79 Å². The third-order valence-electron chi connectivity index (χ3n) is 2.62. The molecule has 0 aromatic carbocycles. The number of carboxylic acids is 1. The summed E-state index contributed by atoms with van der Waals surface area (Å²) in [5.41, 5.74) is 4.96. The second-order valence-corrected chi connectivity index (χ2v) is 4.23. The first-order valence-corrected chi connectivity index (χ1v) is 6.34. The second-order valence-electron chi connectivity index (χ2n) is 4.23. The molecule has 21 heavy (non-hydrogen) atoms. The molecule has 0 aromatic rings. The standard InChI is InChI=1S/C12H20N4O5/c1-21-8-7-16(6-2-5-13)12(20)15-9(11(18)19)3-4-10(14)17/h9H,2-4,6-8H2,1H3,(H2,14,17)(H,15,20)(H,18,19)/t9-/m0/s1. The van der Waals surface area contributed by atoms with Crippen molar-refractivity contribution >= 4 is 17.9 Å². The first kappa shape index (κ1) is 18.7. The molecule has 4 N–H and O–H groups in total. The number of hydrogen-bond donors (Lipinski definition) is 3. The number of nitriles is 1. The van der Waals surface area contributed by atoms with Gasteiger partial charge < -0.3 is 25.8 Å². The van der Waals surface area contributed by atoms with Crippen LogP contribution < -0.4 is 11.1 Å². The lowest BCUT2D eigenvalue weighted by atomic mass is 10.1. The topological polar surface area (TPSA) is 146 Å². The fourth-order valence-corrected chi connectivity index (χ4v) is 1.49. The lowest BCUT2D eigenvalue weighted by Crippen LogP contribution is -2.49. The smallest absolute Gasteiger partial charge is 0.326 e. The van der Waals surface area contributed by atoms with Crippen molar-refractivity contribution in [3.8, 4) is 6.07 Å². The minimum absolute atomic E-state index is 0.0905. The molecular formula is C12H20N4O5. The van der Waals surface area contributed by atoms with Crippen LogP contribution in [0.3, 0.4) is 0 Å². The van der Waals surface area contributed by atoms with Gasteiger partial charge in [-0.2, -0.15) is 5.26 Å². The van der Waals surface area contributed by atoms with Crippen LogP contribution in [0.25, 0.3) is 0 Å². The predicted octanol–water partition coefficient (Wildman–Crippen LogP) is -0.723. The summed E-state index contributed by atoms with van der Waals surface area (Å²) in [7, 11) is 1.47. The fraction of sp³-hybridized carbons (Fsp3) is 0.667. The molecule has 0 aliphatic heterocycles. The second kappa shape index (κ2) is 10.4. The summed E-state index contributed by atoms with van der Waals surface area (Å²) in [4.78, 5) is 35.0. The highest BCUT2D eigenvalue weighted by molar-refractivity contribution is 5.83. The van der Waals surface area contributed by atoms with Gasteiger partial charge in [0.1, 0.15) is 6.04 Å². The number of aliphatic carboxylic acids is 1. The molecule has 0 unspecified atom stereocenters. The molecule has 0 saturated carbocycles. The Morgan fingerprint density at radius 3 is 2.57 bits per heavy atom. The molecule has 0 aromatic heterocycles. The van der Waals surface area contributed by atoms with Gasteiger partial charge in [0.15, 0.2) is 0 Å². The zero-order valence-electron chi connectivity index (χ0n) is 11.9. The molecule has 0 spiro atoms. The lowest BCUT2D eigenvalue weighted by molar-refractivity contribution is -0.139. The number of carboxylic acid groups (broad SMARTS) is 1. The number of carbonyl (C=O) groups is 3. The minimum atomic E-state index is -1.25. The molecule has 118 valence electrons. The number of nitrogens with two attached hydrogens (primary N) is 1. The van der Waals surface area contributed by atoms with E-state index in [1.165, 1.54) is 12.0 Å². The molecule has 0 aliphatic carbocycles. The van der Waals surface area contributed by atoms with Crippen LogP contribution in [0.15, 0.2) is 0 Å². The molecule has 0 heterocycles. The van der Waals surface area contributed by atoms with Crippen LogP contribution >= 0.6 is 0 Å². The molecular weight excluding hydrogens is 280 g/mol. The van der Waals surface area contributed by atoms with Crippen molar-refractivity contribution < 1.29 is 24.2 Å². The molecule has 0 rings (SSSR count). The zero-order valence-corrected chi connectivity index (χ0v) is 11.9. The van der Waals surface area contributed by atoms with Crippen LogP contribution in [0.5, 0.6) is 0 Å². The van der Waals surface area contributed by atoms with Crippen LogP contribution in [0, 0.1) is 11.3 Å². The van der Waals surface area contributed by atoms with Gasteiger partial charge in [-0.15, -0.1) is 0 Å². The number of methoxy groups -OCH3 is 1.